The van der Waals surface area contributed by atoms with E-state index in [9.17, 15) is 4.39 Å². The van der Waals surface area contributed by atoms with Crippen LogP contribution in [0, 0.1) is 5.82 Å². The zero-order valence-corrected chi connectivity index (χ0v) is 9.29. The van der Waals surface area contributed by atoms with E-state index in [4.69, 9.17) is 0 Å². The van der Waals surface area contributed by atoms with E-state index < -0.39 is 0 Å². The number of nitrogens with one attached hydrogen (secondary N) is 1. The third-order valence-electron chi connectivity index (χ3n) is 1.96. The Kier molecular flexibility index (Phi) is 2.91. The minimum atomic E-state index is -0.202. The molecule has 13 heavy (non-hydrogen) atoms. The van der Waals surface area contributed by atoms with Crippen molar-refractivity contribution in [1.82, 2.24) is 5.32 Å². The number of benzene rings is 1. The van der Waals surface area contributed by atoms with Crippen LogP contribution in [-0.2, 0) is 0 Å². The molecule has 0 radical (unpaired) electrons. The van der Waals surface area contributed by atoms with E-state index in [-0.39, 0.29) is 5.82 Å². The summed E-state index contributed by atoms with van der Waals surface area (Å²) in [4.78, 5) is 0. The normalized spacial score (nSPS) is 22.2. The lowest BCUT2D eigenvalue weighted by Crippen LogP contribution is -2.11. The molecule has 1 heterocycles. The molecule has 0 bridgehead atoms. The first-order valence-electron chi connectivity index (χ1n) is 4.07. The van der Waals surface area contributed by atoms with Crippen molar-refractivity contribution in [3.05, 3.63) is 34.1 Å². The first-order valence-corrected chi connectivity index (χ1v) is 5.91. The van der Waals surface area contributed by atoms with Gasteiger partial charge in [-0.3, -0.25) is 0 Å². The van der Waals surface area contributed by atoms with E-state index in [1.54, 1.807) is 0 Å². The largest absolute Gasteiger partial charge is 0.301 e. The molecule has 1 aliphatic heterocycles. The monoisotopic (exact) mass is 261 g/mol. The Labute approximate surface area is 89.2 Å². The van der Waals surface area contributed by atoms with Crippen molar-refractivity contribution >= 4 is 27.7 Å². The molecule has 0 spiro atoms. The van der Waals surface area contributed by atoms with E-state index in [0.717, 1.165) is 17.9 Å². The standard InChI is InChI=1S/C9H9BrFNS/c10-7-5-6(1-2-8(7)11)9-12-3-4-13-9/h1-2,5,9,12H,3-4H2/t9-/m1/s1. The minimum absolute atomic E-state index is 0.202. The van der Waals surface area contributed by atoms with Gasteiger partial charge in [0.1, 0.15) is 5.82 Å². The molecule has 1 aromatic carbocycles. The molecule has 1 atom stereocenters. The molecule has 0 aliphatic carbocycles. The molecule has 0 amide bonds. The molecule has 0 unspecified atom stereocenters. The van der Waals surface area contributed by atoms with Crippen molar-refractivity contribution in [2.24, 2.45) is 0 Å². The maximum atomic E-state index is 12.9. The van der Waals surface area contributed by atoms with Crippen LogP contribution in [0.3, 0.4) is 0 Å². The van der Waals surface area contributed by atoms with Crippen molar-refractivity contribution in [3.63, 3.8) is 0 Å². The van der Waals surface area contributed by atoms with Gasteiger partial charge in [-0.1, -0.05) is 6.07 Å². The van der Waals surface area contributed by atoms with E-state index in [1.165, 1.54) is 6.07 Å². The highest BCUT2D eigenvalue weighted by Gasteiger charge is 2.17. The van der Waals surface area contributed by atoms with E-state index >= 15 is 0 Å². The molecule has 70 valence electrons. The number of thioether (sulfide) groups is 1. The third kappa shape index (κ3) is 2.06. The van der Waals surface area contributed by atoms with Crippen LogP contribution in [0.5, 0.6) is 0 Å². The highest BCUT2D eigenvalue weighted by atomic mass is 79.9. The van der Waals surface area contributed by atoms with Gasteiger partial charge in [-0.2, -0.15) is 0 Å². The van der Waals surface area contributed by atoms with Crippen molar-refractivity contribution in [1.29, 1.82) is 0 Å². The Morgan fingerprint density at radius 3 is 3.00 bits per heavy atom. The van der Waals surface area contributed by atoms with Crippen LogP contribution in [0.1, 0.15) is 10.9 Å². The molecule has 1 aromatic rings. The van der Waals surface area contributed by atoms with E-state index in [2.05, 4.69) is 21.2 Å². The Morgan fingerprint density at radius 2 is 2.38 bits per heavy atom. The maximum absolute atomic E-state index is 12.9. The summed E-state index contributed by atoms with van der Waals surface area (Å²) in [5, 5.41) is 3.67. The Balaban J connectivity index is 2.25. The molecule has 4 heteroatoms. The zero-order chi connectivity index (χ0) is 9.26. The quantitative estimate of drug-likeness (QED) is 0.835. The van der Waals surface area contributed by atoms with Gasteiger partial charge in [0.15, 0.2) is 0 Å². The van der Waals surface area contributed by atoms with Gasteiger partial charge in [0.2, 0.25) is 0 Å². The lowest BCUT2D eigenvalue weighted by Gasteiger charge is -2.09. The Bertz CT molecular complexity index is 312. The SMILES string of the molecule is Fc1ccc([C@@H]2NCCS2)cc1Br. The van der Waals surface area contributed by atoms with Crippen LogP contribution in [-0.4, -0.2) is 12.3 Å². The van der Waals surface area contributed by atoms with Crippen molar-refractivity contribution < 1.29 is 4.39 Å². The smallest absolute Gasteiger partial charge is 0.137 e. The van der Waals surface area contributed by atoms with Crippen LogP contribution >= 0.6 is 27.7 Å². The molecule has 2 rings (SSSR count). The van der Waals surface area contributed by atoms with Crippen LogP contribution < -0.4 is 5.32 Å². The molecule has 0 saturated carbocycles. The van der Waals surface area contributed by atoms with Crippen molar-refractivity contribution in [2.75, 3.05) is 12.3 Å². The molecule has 0 aromatic heterocycles. The van der Waals surface area contributed by atoms with Crippen molar-refractivity contribution in [3.8, 4) is 0 Å². The van der Waals surface area contributed by atoms with Gasteiger partial charge in [0.05, 0.1) is 9.85 Å². The predicted molar refractivity (Wildman–Crippen MR) is 57.3 cm³/mol. The predicted octanol–water partition coefficient (Wildman–Crippen LogP) is 2.92. The Morgan fingerprint density at radius 1 is 1.54 bits per heavy atom. The van der Waals surface area contributed by atoms with Crippen LogP contribution in [0.2, 0.25) is 0 Å². The summed E-state index contributed by atoms with van der Waals surface area (Å²) >= 11 is 5.04. The van der Waals surface area contributed by atoms with Crippen LogP contribution in [0.25, 0.3) is 0 Å². The fourth-order valence-corrected chi connectivity index (χ4v) is 2.76. The Hall–Kier alpha value is -0.0600. The maximum Gasteiger partial charge on any atom is 0.137 e. The molecule has 1 saturated heterocycles. The van der Waals surface area contributed by atoms with Gasteiger partial charge in [0.25, 0.3) is 0 Å². The zero-order valence-electron chi connectivity index (χ0n) is 6.89. The average Bonchev–Trinajstić information content (AvgIpc) is 2.62. The fraction of sp³-hybridized carbons (Fsp3) is 0.333. The first-order chi connectivity index (χ1) is 6.27. The molecule has 1 fully saturated rings. The number of rotatable bonds is 1. The summed E-state index contributed by atoms with van der Waals surface area (Å²) in [5.74, 6) is 0.923. The third-order valence-corrected chi connectivity index (χ3v) is 3.78. The van der Waals surface area contributed by atoms with Gasteiger partial charge in [-0.15, -0.1) is 11.8 Å². The number of hydrogen-bond acceptors (Lipinski definition) is 2. The van der Waals surface area contributed by atoms with Gasteiger partial charge in [0, 0.05) is 12.3 Å². The second-order valence-electron chi connectivity index (χ2n) is 2.88. The molecule has 1 aliphatic rings. The lowest BCUT2D eigenvalue weighted by molar-refractivity contribution is 0.619. The van der Waals surface area contributed by atoms with Gasteiger partial charge in [-0.25, -0.2) is 4.39 Å². The summed E-state index contributed by atoms with van der Waals surface area (Å²) in [5.41, 5.74) is 1.13. The minimum Gasteiger partial charge on any atom is -0.301 e. The molecular weight excluding hydrogens is 253 g/mol. The molecular formula is C9H9BrFNS. The topological polar surface area (TPSA) is 12.0 Å². The summed E-state index contributed by atoms with van der Waals surface area (Å²) in [6.45, 7) is 1.03. The summed E-state index contributed by atoms with van der Waals surface area (Å²) in [6, 6.07) is 5.17. The van der Waals surface area contributed by atoms with Crippen LogP contribution in [0.4, 0.5) is 4.39 Å². The van der Waals surface area contributed by atoms with Gasteiger partial charge >= 0.3 is 0 Å². The fourth-order valence-electron chi connectivity index (χ4n) is 1.32. The summed E-state index contributed by atoms with van der Waals surface area (Å²) in [7, 11) is 0. The highest BCUT2D eigenvalue weighted by molar-refractivity contribution is 9.10. The van der Waals surface area contributed by atoms with Gasteiger partial charge in [-0.05, 0) is 33.6 Å². The lowest BCUT2D eigenvalue weighted by atomic mass is 10.2. The van der Waals surface area contributed by atoms with Crippen LogP contribution in [0.15, 0.2) is 22.7 Å². The first kappa shape index (κ1) is 9.49. The average molecular weight is 262 g/mol. The number of halogens is 2. The summed E-state index contributed by atoms with van der Waals surface area (Å²) in [6.07, 6.45) is 0. The molecule has 1 nitrogen and oxygen atoms in total. The second-order valence-corrected chi connectivity index (χ2v) is 4.95. The van der Waals surface area contributed by atoms with Crippen molar-refractivity contribution in [2.45, 2.75) is 5.37 Å². The van der Waals surface area contributed by atoms with Gasteiger partial charge < -0.3 is 5.32 Å². The molecule has 1 N–H and O–H groups in total. The second kappa shape index (κ2) is 3.98. The van der Waals surface area contributed by atoms with E-state index in [1.807, 2.05) is 23.9 Å². The summed E-state index contributed by atoms with van der Waals surface area (Å²) < 4.78 is 13.5. The van der Waals surface area contributed by atoms with E-state index in [0.29, 0.717) is 9.85 Å². The number of hydrogen-bond donors (Lipinski definition) is 1. The highest BCUT2D eigenvalue weighted by Crippen LogP contribution is 2.31.